The lowest BCUT2D eigenvalue weighted by molar-refractivity contribution is 0.146. The fourth-order valence-corrected chi connectivity index (χ4v) is 3.99. The summed E-state index contributed by atoms with van der Waals surface area (Å²) in [5.74, 6) is 0.738. The van der Waals surface area contributed by atoms with Crippen LogP contribution in [0.4, 0.5) is 0 Å². The Morgan fingerprint density at radius 2 is 1.76 bits per heavy atom. The monoisotopic (exact) mass is 361 g/mol. The lowest BCUT2D eigenvalue weighted by Crippen LogP contribution is -2.23. The summed E-state index contributed by atoms with van der Waals surface area (Å²) in [5.41, 5.74) is 3.30. The molecule has 0 saturated carbocycles. The van der Waals surface area contributed by atoms with Crippen molar-refractivity contribution in [2.45, 2.75) is 30.7 Å². The molecule has 5 nitrogen and oxygen atoms in total. The van der Waals surface area contributed by atoms with Crippen LogP contribution in [-0.4, -0.2) is 28.7 Å². The number of benzene rings is 2. The van der Waals surface area contributed by atoms with Gasteiger partial charge in [0, 0.05) is 13.7 Å². The Morgan fingerprint density at radius 3 is 2.52 bits per heavy atom. The fraction of sp³-hybridized carbons (Fsp3) is 0.368. The predicted molar refractivity (Wildman–Crippen MR) is 96.3 cm³/mol. The van der Waals surface area contributed by atoms with E-state index >= 15 is 0 Å². The highest BCUT2D eigenvalue weighted by molar-refractivity contribution is 7.89. The van der Waals surface area contributed by atoms with Crippen molar-refractivity contribution in [2.24, 2.45) is 0 Å². The van der Waals surface area contributed by atoms with Gasteiger partial charge >= 0.3 is 0 Å². The Kier molecular flexibility index (Phi) is 5.73. The summed E-state index contributed by atoms with van der Waals surface area (Å²) in [5, 5.41) is 0. The molecule has 0 radical (unpaired) electrons. The minimum absolute atomic E-state index is 0.248. The van der Waals surface area contributed by atoms with E-state index in [1.807, 2.05) is 30.3 Å². The van der Waals surface area contributed by atoms with E-state index < -0.39 is 10.0 Å². The van der Waals surface area contributed by atoms with Crippen molar-refractivity contribution < 1.29 is 17.9 Å². The third-order valence-corrected chi connectivity index (χ3v) is 5.73. The summed E-state index contributed by atoms with van der Waals surface area (Å²) in [6.07, 6.45) is 3.11. The van der Waals surface area contributed by atoms with Gasteiger partial charge in [0.05, 0.1) is 11.5 Å². The number of nitrogens with one attached hydrogen (secondary N) is 1. The first-order chi connectivity index (χ1) is 12.1. The Hall–Kier alpha value is -1.89. The van der Waals surface area contributed by atoms with Gasteiger partial charge < -0.3 is 9.47 Å². The molecule has 0 aromatic heterocycles. The lowest BCUT2D eigenvalue weighted by atomic mass is 10.1. The average Bonchev–Trinajstić information content (AvgIpc) is 3.09. The number of fused-ring (bicyclic) bond motifs is 1. The summed E-state index contributed by atoms with van der Waals surface area (Å²) in [4.78, 5) is 0.340. The topological polar surface area (TPSA) is 64.6 Å². The van der Waals surface area contributed by atoms with Crippen molar-refractivity contribution in [1.29, 1.82) is 0 Å². The van der Waals surface area contributed by atoms with Gasteiger partial charge in [0.1, 0.15) is 12.4 Å². The van der Waals surface area contributed by atoms with Crippen LogP contribution in [0.3, 0.4) is 0 Å². The molecule has 0 saturated heterocycles. The second kappa shape index (κ2) is 7.99. The van der Waals surface area contributed by atoms with Gasteiger partial charge in [-0.3, -0.25) is 0 Å². The number of hydrogen-bond acceptors (Lipinski definition) is 4. The SMILES string of the molecule is COCCOc1ccc(CNS(=O)(=O)c2ccc3c(c2)CCC3)cc1. The summed E-state index contributed by atoms with van der Waals surface area (Å²) in [6.45, 7) is 1.26. The minimum atomic E-state index is -3.51. The van der Waals surface area contributed by atoms with E-state index in [0.717, 1.165) is 36.1 Å². The standard InChI is InChI=1S/C19H23NO4S/c1-23-11-12-24-18-8-5-15(6-9-18)14-20-25(21,22)19-10-7-16-3-2-4-17(16)13-19/h5-10,13,20H,2-4,11-12,14H2,1H3. The van der Waals surface area contributed by atoms with Crippen molar-refractivity contribution in [2.75, 3.05) is 20.3 Å². The van der Waals surface area contributed by atoms with E-state index in [2.05, 4.69) is 4.72 Å². The van der Waals surface area contributed by atoms with Crippen LogP contribution >= 0.6 is 0 Å². The van der Waals surface area contributed by atoms with Crippen LogP contribution in [0.1, 0.15) is 23.1 Å². The Morgan fingerprint density at radius 1 is 1.00 bits per heavy atom. The van der Waals surface area contributed by atoms with Gasteiger partial charge in [-0.05, 0) is 60.2 Å². The Balaban J connectivity index is 1.60. The summed E-state index contributed by atoms with van der Waals surface area (Å²) < 4.78 is 38.1. The van der Waals surface area contributed by atoms with Crippen LogP contribution < -0.4 is 9.46 Å². The highest BCUT2D eigenvalue weighted by Gasteiger charge is 2.18. The number of aryl methyl sites for hydroxylation is 2. The minimum Gasteiger partial charge on any atom is -0.491 e. The third kappa shape index (κ3) is 4.60. The molecule has 2 aromatic rings. The summed E-state index contributed by atoms with van der Waals surface area (Å²) >= 11 is 0. The van der Waals surface area contributed by atoms with Crippen LogP contribution in [0.25, 0.3) is 0 Å². The third-order valence-electron chi connectivity index (χ3n) is 4.33. The van der Waals surface area contributed by atoms with Gasteiger partial charge in [0.15, 0.2) is 0 Å². The molecule has 3 rings (SSSR count). The van der Waals surface area contributed by atoms with Crippen LogP contribution in [0.5, 0.6) is 5.75 Å². The Bertz CT molecular complexity index is 816. The molecule has 1 aliphatic carbocycles. The zero-order valence-corrected chi connectivity index (χ0v) is 15.1. The van der Waals surface area contributed by atoms with Gasteiger partial charge in [-0.1, -0.05) is 18.2 Å². The quantitative estimate of drug-likeness (QED) is 0.734. The van der Waals surface area contributed by atoms with Crippen molar-refractivity contribution in [3.63, 3.8) is 0 Å². The molecular formula is C19H23NO4S. The largest absolute Gasteiger partial charge is 0.491 e. The van der Waals surface area contributed by atoms with E-state index in [1.165, 1.54) is 5.56 Å². The summed E-state index contributed by atoms with van der Waals surface area (Å²) in [6, 6.07) is 12.8. The molecule has 1 aliphatic rings. The van der Waals surface area contributed by atoms with E-state index in [9.17, 15) is 8.42 Å². The molecule has 0 aliphatic heterocycles. The average molecular weight is 361 g/mol. The zero-order valence-electron chi connectivity index (χ0n) is 14.3. The number of sulfonamides is 1. The maximum absolute atomic E-state index is 12.5. The molecule has 0 atom stereocenters. The first-order valence-corrected chi connectivity index (χ1v) is 9.89. The van der Waals surface area contributed by atoms with Crippen LogP contribution in [-0.2, 0) is 34.1 Å². The number of methoxy groups -OCH3 is 1. The first-order valence-electron chi connectivity index (χ1n) is 8.40. The van der Waals surface area contributed by atoms with Crippen molar-refractivity contribution in [1.82, 2.24) is 4.72 Å². The molecule has 25 heavy (non-hydrogen) atoms. The molecule has 0 spiro atoms. The van der Waals surface area contributed by atoms with Gasteiger partial charge in [-0.25, -0.2) is 13.1 Å². The van der Waals surface area contributed by atoms with Crippen LogP contribution in [0.15, 0.2) is 47.4 Å². The smallest absolute Gasteiger partial charge is 0.240 e. The first kappa shape index (κ1) is 17.9. The van der Waals surface area contributed by atoms with Gasteiger partial charge in [0.2, 0.25) is 10.0 Å². The van der Waals surface area contributed by atoms with Crippen molar-refractivity contribution >= 4 is 10.0 Å². The molecule has 0 fully saturated rings. The maximum atomic E-state index is 12.5. The highest BCUT2D eigenvalue weighted by atomic mass is 32.2. The van der Waals surface area contributed by atoms with E-state index in [4.69, 9.17) is 9.47 Å². The van der Waals surface area contributed by atoms with E-state index in [0.29, 0.717) is 18.1 Å². The van der Waals surface area contributed by atoms with Crippen molar-refractivity contribution in [3.8, 4) is 5.75 Å². The highest BCUT2D eigenvalue weighted by Crippen LogP contribution is 2.24. The number of ether oxygens (including phenoxy) is 2. The van der Waals surface area contributed by atoms with Gasteiger partial charge in [0.25, 0.3) is 0 Å². The fourth-order valence-electron chi connectivity index (χ4n) is 2.92. The van der Waals surface area contributed by atoms with E-state index in [1.54, 1.807) is 19.2 Å². The molecule has 6 heteroatoms. The van der Waals surface area contributed by atoms with Crippen LogP contribution in [0, 0.1) is 0 Å². The van der Waals surface area contributed by atoms with Crippen molar-refractivity contribution in [3.05, 3.63) is 59.2 Å². The molecule has 2 aromatic carbocycles. The summed E-state index contributed by atoms with van der Waals surface area (Å²) in [7, 11) is -1.88. The predicted octanol–water partition coefficient (Wildman–Crippen LogP) is 2.68. The molecular weight excluding hydrogens is 338 g/mol. The molecule has 0 heterocycles. The molecule has 1 N–H and O–H groups in total. The number of rotatable bonds is 8. The zero-order chi connectivity index (χ0) is 17.7. The lowest BCUT2D eigenvalue weighted by Gasteiger charge is -2.10. The molecule has 0 bridgehead atoms. The number of hydrogen-bond donors (Lipinski definition) is 1. The molecule has 134 valence electrons. The second-order valence-electron chi connectivity index (χ2n) is 6.09. The molecule has 0 unspecified atom stereocenters. The van der Waals surface area contributed by atoms with Crippen LogP contribution in [0.2, 0.25) is 0 Å². The Labute approximate surface area is 149 Å². The van der Waals surface area contributed by atoms with Gasteiger partial charge in [-0.15, -0.1) is 0 Å². The normalized spacial score (nSPS) is 13.6. The van der Waals surface area contributed by atoms with Gasteiger partial charge in [-0.2, -0.15) is 0 Å². The molecule has 0 amide bonds. The van der Waals surface area contributed by atoms with E-state index in [-0.39, 0.29) is 6.54 Å². The maximum Gasteiger partial charge on any atom is 0.240 e. The second-order valence-corrected chi connectivity index (χ2v) is 7.86.